The van der Waals surface area contributed by atoms with Crippen molar-refractivity contribution in [1.29, 1.82) is 0 Å². The Bertz CT molecular complexity index is 274. The molecular weight excluding hydrogens is 224 g/mol. The van der Waals surface area contributed by atoms with Crippen molar-refractivity contribution < 1.29 is 4.43 Å². The van der Waals surface area contributed by atoms with Gasteiger partial charge in [0.2, 0.25) is 9.04 Å². The first kappa shape index (κ1) is 14.6. The monoisotopic (exact) mass is 252 g/mol. The molecule has 0 saturated heterocycles. The Hall–Kier alpha value is -0.423. The van der Waals surface area contributed by atoms with Crippen molar-refractivity contribution >= 4 is 9.04 Å². The van der Waals surface area contributed by atoms with Gasteiger partial charge >= 0.3 is 0 Å². The summed E-state index contributed by atoms with van der Waals surface area (Å²) in [4.78, 5) is 0. The van der Waals surface area contributed by atoms with Crippen LogP contribution < -0.4 is 0 Å². The van der Waals surface area contributed by atoms with Gasteiger partial charge in [0.15, 0.2) is 0 Å². The summed E-state index contributed by atoms with van der Waals surface area (Å²) in [5.74, 6) is 4.70. The predicted molar refractivity (Wildman–Crippen MR) is 77.3 cm³/mol. The summed E-state index contributed by atoms with van der Waals surface area (Å²) in [5, 5.41) is 0. The standard InChI is InChI=1S/C15H28OSi/c1-15(2,3)14(11-12-16-17(4)5)13-9-7-6-8-10-13/h13-14,17H,6-10H2,1-5H3/t14-/m0/s1. The van der Waals surface area contributed by atoms with Crippen LogP contribution in [0.4, 0.5) is 0 Å². The molecule has 0 radical (unpaired) electrons. The minimum Gasteiger partial charge on any atom is -0.505 e. The van der Waals surface area contributed by atoms with Gasteiger partial charge in [0.1, 0.15) is 0 Å². The third-order valence-corrected chi connectivity index (χ3v) is 4.15. The summed E-state index contributed by atoms with van der Waals surface area (Å²) in [7, 11) is -0.999. The van der Waals surface area contributed by atoms with Crippen LogP contribution in [0.1, 0.15) is 52.9 Å². The molecule has 0 aromatic rings. The topological polar surface area (TPSA) is 9.23 Å². The number of rotatable bonds is 2. The van der Waals surface area contributed by atoms with Crippen LogP contribution in [0.25, 0.3) is 0 Å². The molecule has 0 N–H and O–H groups in total. The average molecular weight is 252 g/mol. The Morgan fingerprint density at radius 3 is 2.18 bits per heavy atom. The molecule has 98 valence electrons. The lowest BCUT2D eigenvalue weighted by Gasteiger charge is -2.35. The van der Waals surface area contributed by atoms with Gasteiger partial charge in [-0.05, 0) is 37.3 Å². The Balaban J connectivity index is 2.68. The highest BCUT2D eigenvalue weighted by Gasteiger charge is 2.31. The largest absolute Gasteiger partial charge is 0.505 e. The molecule has 1 nitrogen and oxygen atoms in total. The maximum absolute atomic E-state index is 5.54. The van der Waals surface area contributed by atoms with E-state index in [0.29, 0.717) is 5.92 Å². The predicted octanol–water partition coefficient (Wildman–Crippen LogP) is 4.19. The zero-order valence-corrected chi connectivity index (χ0v) is 13.3. The zero-order chi connectivity index (χ0) is 12.9. The normalized spacial score (nSPS) is 19.6. The van der Waals surface area contributed by atoms with Crippen LogP contribution in [0.2, 0.25) is 13.1 Å². The van der Waals surface area contributed by atoms with Gasteiger partial charge < -0.3 is 4.43 Å². The highest BCUT2D eigenvalue weighted by atomic mass is 28.3. The summed E-state index contributed by atoms with van der Waals surface area (Å²) < 4.78 is 5.54. The molecule has 0 amide bonds. The number of hydrogen-bond donors (Lipinski definition) is 0. The molecule has 0 spiro atoms. The van der Waals surface area contributed by atoms with Crippen LogP contribution in [0.15, 0.2) is 0 Å². The van der Waals surface area contributed by atoms with Gasteiger partial charge in [-0.1, -0.05) is 46.0 Å². The summed E-state index contributed by atoms with van der Waals surface area (Å²) in [5.41, 5.74) is 0.275. The van der Waals surface area contributed by atoms with Crippen LogP contribution in [-0.4, -0.2) is 9.04 Å². The van der Waals surface area contributed by atoms with Gasteiger partial charge in [-0.2, -0.15) is 0 Å². The maximum Gasteiger partial charge on any atom is 0.244 e. The fraction of sp³-hybridized carbons (Fsp3) is 0.867. The molecule has 17 heavy (non-hydrogen) atoms. The van der Waals surface area contributed by atoms with E-state index in [9.17, 15) is 0 Å². The lowest BCUT2D eigenvalue weighted by molar-refractivity contribution is 0.174. The van der Waals surface area contributed by atoms with E-state index in [-0.39, 0.29) is 5.41 Å². The molecule has 1 aliphatic rings. The second-order valence-corrected chi connectivity index (χ2v) is 8.99. The van der Waals surface area contributed by atoms with E-state index in [2.05, 4.69) is 45.9 Å². The highest BCUT2D eigenvalue weighted by molar-refractivity contribution is 6.48. The van der Waals surface area contributed by atoms with Gasteiger partial charge in [0, 0.05) is 5.92 Å². The van der Waals surface area contributed by atoms with E-state index in [1.807, 2.05) is 0 Å². The van der Waals surface area contributed by atoms with Crippen molar-refractivity contribution in [2.24, 2.45) is 17.3 Å². The minimum absolute atomic E-state index is 0.275. The Kier molecular flexibility index (Phi) is 5.59. The molecule has 1 saturated carbocycles. The van der Waals surface area contributed by atoms with Crippen LogP contribution in [0.5, 0.6) is 0 Å². The first-order valence-electron chi connectivity index (χ1n) is 7.07. The molecule has 1 atom stereocenters. The van der Waals surface area contributed by atoms with Crippen molar-refractivity contribution in [2.45, 2.75) is 66.0 Å². The average Bonchev–Trinajstić information content (AvgIpc) is 2.23. The molecule has 2 heteroatoms. The summed E-state index contributed by atoms with van der Waals surface area (Å²) >= 11 is 0. The van der Waals surface area contributed by atoms with Crippen molar-refractivity contribution in [3.8, 4) is 12.0 Å². The molecule has 1 fully saturated rings. The van der Waals surface area contributed by atoms with E-state index in [0.717, 1.165) is 5.92 Å². The van der Waals surface area contributed by atoms with E-state index < -0.39 is 9.04 Å². The van der Waals surface area contributed by atoms with Crippen LogP contribution >= 0.6 is 0 Å². The SMILES string of the molecule is C[SiH](C)OC#C[C@@H](C1CCCCC1)C(C)(C)C. The third-order valence-electron chi connectivity index (χ3n) is 3.56. The summed E-state index contributed by atoms with van der Waals surface area (Å²) in [6.07, 6.45) is 9.90. The van der Waals surface area contributed by atoms with Crippen LogP contribution in [-0.2, 0) is 4.43 Å². The van der Waals surface area contributed by atoms with E-state index >= 15 is 0 Å². The molecule has 1 aliphatic carbocycles. The molecule has 1 rings (SSSR count). The Labute approximate surface area is 109 Å². The third kappa shape index (κ3) is 5.17. The Morgan fingerprint density at radius 1 is 1.12 bits per heavy atom. The smallest absolute Gasteiger partial charge is 0.244 e. The van der Waals surface area contributed by atoms with E-state index in [1.54, 1.807) is 0 Å². The van der Waals surface area contributed by atoms with E-state index in [1.165, 1.54) is 32.1 Å². The second-order valence-electron chi connectivity index (χ2n) is 6.65. The van der Waals surface area contributed by atoms with Crippen LogP contribution in [0, 0.1) is 29.3 Å². The zero-order valence-electron chi connectivity index (χ0n) is 12.2. The van der Waals surface area contributed by atoms with Gasteiger partial charge in [-0.3, -0.25) is 0 Å². The molecule has 0 aliphatic heterocycles. The second kappa shape index (κ2) is 6.49. The first-order valence-corrected chi connectivity index (χ1v) is 9.85. The van der Waals surface area contributed by atoms with Gasteiger partial charge in [0.05, 0.1) is 6.11 Å². The summed E-state index contributed by atoms with van der Waals surface area (Å²) in [6.45, 7) is 11.3. The first-order chi connectivity index (χ1) is 7.91. The molecule has 0 aromatic carbocycles. The minimum atomic E-state index is -0.999. The lowest BCUT2D eigenvalue weighted by Crippen LogP contribution is -2.28. The maximum atomic E-state index is 5.54. The van der Waals surface area contributed by atoms with Crippen molar-refractivity contribution in [2.75, 3.05) is 0 Å². The lowest BCUT2D eigenvalue weighted by atomic mass is 9.69. The van der Waals surface area contributed by atoms with Crippen molar-refractivity contribution in [3.63, 3.8) is 0 Å². The quantitative estimate of drug-likeness (QED) is 0.529. The van der Waals surface area contributed by atoms with E-state index in [4.69, 9.17) is 4.43 Å². The van der Waals surface area contributed by atoms with Gasteiger partial charge in [-0.25, -0.2) is 0 Å². The Morgan fingerprint density at radius 2 is 1.71 bits per heavy atom. The fourth-order valence-corrected chi connectivity index (χ4v) is 3.03. The van der Waals surface area contributed by atoms with Gasteiger partial charge in [-0.15, -0.1) is 0 Å². The molecule has 0 bridgehead atoms. The van der Waals surface area contributed by atoms with Crippen molar-refractivity contribution in [1.82, 2.24) is 0 Å². The fourth-order valence-electron chi connectivity index (χ4n) is 2.72. The molecule has 0 unspecified atom stereocenters. The summed E-state index contributed by atoms with van der Waals surface area (Å²) in [6, 6.07) is 0. The van der Waals surface area contributed by atoms with Gasteiger partial charge in [0.25, 0.3) is 0 Å². The van der Waals surface area contributed by atoms with Crippen molar-refractivity contribution in [3.05, 3.63) is 0 Å². The number of hydrogen-bond acceptors (Lipinski definition) is 1. The van der Waals surface area contributed by atoms with Crippen LogP contribution in [0.3, 0.4) is 0 Å². The molecule has 0 heterocycles. The highest BCUT2D eigenvalue weighted by Crippen LogP contribution is 2.39. The molecular formula is C15H28OSi. The molecule has 0 aromatic heterocycles.